The second-order valence-electron chi connectivity index (χ2n) is 5.20. The van der Waals surface area contributed by atoms with Crippen molar-refractivity contribution < 1.29 is 19.4 Å². The third-order valence-corrected chi connectivity index (χ3v) is 2.59. The number of hydrogen-bond acceptors (Lipinski definition) is 4. The van der Waals surface area contributed by atoms with Gasteiger partial charge in [-0.05, 0) is 25.3 Å². The molecular weight excluding hydrogens is 272 g/mol. The lowest BCUT2D eigenvalue weighted by Gasteiger charge is -2.04. The average Bonchev–Trinajstić information content (AvgIpc) is 2.96. The first-order chi connectivity index (χ1) is 9.97. The van der Waals surface area contributed by atoms with Crippen LogP contribution in [0.3, 0.4) is 0 Å². The van der Waals surface area contributed by atoms with Gasteiger partial charge in [-0.1, -0.05) is 26.7 Å². The molecule has 1 saturated heterocycles. The first kappa shape index (κ1) is 19.3. The summed E-state index contributed by atoms with van der Waals surface area (Å²) in [4.78, 5) is 21.0. The van der Waals surface area contributed by atoms with Crippen LogP contribution >= 0.6 is 0 Å². The summed E-state index contributed by atoms with van der Waals surface area (Å²) in [6, 6.07) is 2.54. The molecule has 1 aliphatic rings. The van der Waals surface area contributed by atoms with Crippen LogP contribution in [0.4, 0.5) is 4.79 Å². The molecule has 1 heterocycles. The van der Waals surface area contributed by atoms with Gasteiger partial charge in [0.05, 0.1) is 12.5 Å². The van der Waals surface area contributed by atoms with Crippen molar-refractivity contribution in [3.8, 4) is 12.0 Å². The number of alkyl carbamates (subject to hydrolysis) is 1. The summed E-state index contributed by atoms with van der Waals surface area (Å²) in [5, 5.41) is 13.7. The standard InChI is InChI=1S/C10H17NO2.C5H9NO2/c1-4-5-6-7-11-10(12)13-8-9(2)3;7-5(8)4-1-2-6-3-4/h9H,4-5,8H2,1-3H3,(H,11,12);4,6H,1-3H2,(H,7,8). The second-order valence-corrected chi connectivity index (χ2v) is 5.20. The third kappa shape index (κ3) is 11.8. The number of carboxylic acids is 1. The van der Waals surface area contributed by atoms with Crippen LogP contribution in [0.5, 0.6) is 0 Å². The molecule has 1 atom stereocenters. The minimum atomic E-state index is -0.671. The van der Waals surface area contributed by atoms with E-state index in [1.165, 1.54) is 0 Å². The molecular formula is C15H26N2O4. The van der Waals surface area contributed by atoms with Crippen LogP contribution in [0, 0.1) is 23.8 Å². The maximum atomic E-state index is 10.9. The molecule has 3 N–H and O–H groups in total. The number of ether oxygens (including phenoxy) is 1. The van der Waals surface area contributed by atoms with Gasteiger partial charge in [0.25, 0.3) is 0 Å². The Balaban J connectivity index is 0.000000423. The van der Waals surface area contributed by atoms with Crippen molar-refractivity contribution in [3.05, 3.63) is 0 Å². The highest BCUT2D eigenvalue weighted by Gasteiger charge is 2.20. The minimum Gasteiger partial charge on any atom is -0.481 e. The van der Waals surface area contributed by atoms with Crippen molar-refractivity contribution in [2.24, 2.45) is 11.8 Å². The summed E-state index contributed by atoms with van der Waals surface area (Å²) in [5.41, 5.74) is 0. The van der Waals surface area contributed by atoms with Crippen molar-refractivity contribution >= 4 is 12.1 Å². The highest BCUT2D eigenvalue weighted by Crippen LogP contribution is 2.05. The Morgan fingerprint density at radius 1 is 1.48 bits per heavy atom. The maximum Gasteiger partial charge on any atom is 0.418 e. The lowest BCUT2D eigenvalue weighted by molar-refractivity contribution is -0.140. The summed E-state index contributed by atoms with van der Waals surface area (Å²) >= 11 is 0. The van der Waals surface area contributed by atoms with E-state index in [1.807, 2.05) is 20.8 Å². The molecule has 1 aliphatic heterocycles. The van der Waals surface area contributed by atoms with Crippen LogP contribution in [0.2, 0.25) is 0 Å². The molecule has 6 heteroatoms. The Bertz CT molecular complexity index is 366. The zero-order valence-electron chi connectivity index (χ0n) is 13.1. The van der Waals surface area contributed by atoms with E-state index in [1.54, 1.807) is 0 Å². The van der Waals surface area contributed by atoms with Crippen molar-refractivity contribution in [1.82, 2.24) is 10.6 Å². The number of carboxylic acid groups (broad SMARTS) is 1. The third-order valence-electron chi connectivity index (χ3n) is 2.59. The fourth-order valence-electron chi connectivity index (χ4n) is 1.43. The molecule has 0 aliphatic carbocycles. The Morgan fingerprint density at radius 2 is 2.19 bits per heavy atom. The molecule has 21 heavy (non-hydrogen) atoms. The molecule has 0 aromatic heterocycles. The lowest BCUT2D eigenvalue weighted by atomic mass is 10.1. The molecule has 0 aromatic rings. The van der Waals surface area contributed by atoms with Crippen molar-refractivity contribution in [1.29, 1.82) is 0 Å². The van der Waals surface area contributed by atoms with Gasteiger partial charge < -0.3 is 15.2 Å². The van der Waals surface area contributed by atoms with E-state index in [4.69, 9.17) is 9.84 Å². The maximum absolute atomic E-state index is 10.9. The molecule has 0 bridgehead atoms. The fraction of sp³-hybridized carbons (Fsp3) is 0.733. The first-order valence-electron chi connectivity index (χ1n) is 7.31. The molecule has 0 radical (unpaired) electrons. The monoisotopic (exact) mass is 298 g/mol. The van der Waals surface area contributed by atoms with E-state index in [2.05, 4.69) is 22.6 Å². The van der Waals surface area contributed by atoms with Gasteiger partial charge in [-0.3, -0.25) is 4.79 Å². The first-order valence-corrected chi connectivity index (χ1v) is 7.31. The van der Waals surface area contributed by atoms with Crippen molar-refractivity contribution in [2.75, 3.05) is 19.7 Å². The van der Waals surface area contributed by atoms with E-state index in [0.717, 1.165) is 25.8 Å². The summed E-state index contributed by atoms with van der Waals surface area (Å²) in [6.07, 6.45) is 2.12. The zero-order valence-corrected chi connectivity index (χ0v) is 13.1. The van der Waals surface area contributed by atoms with Gasteiger partial charge >= 0.3 is 12.1 Å². The number of nitrogens with one attached hydrogen (secondary N) is 2. The summed E-state index contributed by atoms with van der Waals surface area (Å²) in [7, 11) is 0. The van der Waals surface area contributed by atoms with Crippen molar-refractivity contribution in [2.45, 2.75) is 40.0 Å². The van der Waals surface area contributed by atoms with Gasteiger partial charge in [-0.15, -0.1) is 0 Å². The predicted molar refractivity (Wildman–Crippen MR) is 80.6 cm³/mol. The van der Waals surface area contributed by atoms with Crippen molar-refractivity contribution in [3.63, 3.8) is 0 Å². The minimum absolute atomic E-state index is 0.130. The van der Waals surface area contributed by atoms with E-state index in [-0.39, 0.29) is 5.92 Å². The normalized spacial score (nSPS) is 16.3. The Kier molecular flexibility index (Phi) is 11.0. The van der Waals surface area contributed by atoms with E-state index < -0.39 is 12.1 Å². The highest BCUT2D eigenvalue weighted by atomic mass is 16.5. The molecule has 1 unspecified atom stereocenters. The van der Waals surface area contributed by atoms with Gasteiger partial charge in [0.1, 0.15) is 0 Å². The SMILES string of the molecule is CCCC#CNC(=O)OCC(C)C.O=C(O)C1CCNC1. The molecule has 120 valence electrons. The number of amides is 1. The Labute approximate surface area is 126 Å². The van der Waals surface area contributed by atoms with E-state index >= 15 is 0 Å². The summed E-state index contributed by atoms with van der Waals surface area (Å²) in [5.74, 6) is 2.35. The van der Waals surface area contributed by atoms with Crippen LogP contribution in [0.25, 0.3) is 0 Å². The lowest BCUT2D eigenvalue weighted by Crippen LogP contribution is -2.21. The molecule has 1 amide bonds. The quantitative estimate of drug-likeness (QED) is 0.544. The second kappa shape index (κ2) is 12.0. The van der Waals surface area contributed by atoms with Crippen LogP contribution < -0.4 is 10.6 Å². The number of rotatable bonds is 4. The van der Waals surface area contributed by atoms with Crippen LogP contribution in [0.15, 0.2) is 0 Å². The van der Waals surface area contributed by atoms with E-state index in [9.17, 15) is 9.59 Å². The van der Waals surface area contributed by atoms with Gasteiger partial charge in [0.15, 0.2) is 0 Å². The fourth-order valence-corrected chi connectivity index (χ4v) is 1.43. The van der Waals surface area contributed by atoms with Gasteiger partial charge in [-0.25, -0.2) is 10.1 Å². The van der Waals surface area contributed by atoms with E-state index in [0.29, 0.717) is 19.1 Å². The molecule has 0 spiro atoms. The number of carbonyl (C=O) groups is 2. The zero-order chi connectivity index (χ0) is 16.1. The molecule has 0 saturated carbocycles. The smallest absolute Gasteiger partial charge is 0.418 e. The van der Waals surface area contributed by atoms with Crippen LogP contribution in [-0.2, 0) is 9.53 Å². The highest BCUT2D eigenvalue weighted by molar-refractivity contribution is 5.70. The molecule has 1 fully saturated rings. The van der Waals surface area contributed by atoms with Gasteiger partial charge in [-0.2, -0.15) is 0 Å². The van der Waals surface area contributed by atoms with Gasteiger partial charge in [0.2, 0.25) is 0 Å². The number of hydrogen-bond donors (Lipinski definition) is 3. The van der Waals surface area contributed by atoms with Crippen LogP contribution in [0.1, 0.15) is 40.0 Å². The predicted octanol–water partition coefficient (Wildman–Crippen LogP) is 1.81. The number of unbranched alkanes of at least 4 members (excludes halogenated alkanes) is 1. The Hall–Kier alpha value is -1.74. The Morgan fingerprint density at radius 3 is 2.62 bits per heavy atom. The molecule has 6 nitrogen and oxygen atoms in total. The molecule has 1 rings (SSSR count). The average molecular weight is 298 g/mol. The topological polar surface area (TPSA) is 87.7 Å². The summed E-state index contributed by atoms with van der Waals surface area (Å²) in [6.45, 7) is 7.94. The molecule has 0 aromatic carbocycles. The number of aliphatic carboxylic acids is 1. The largest absolute Gasteiger partial charge is 0.481 e. The van der Waals surface area contributed by atoms with Crippen LogP contribution in [-0.4, -0.2) is 36.9 Å². The van der Waals surface area contributed by atoms with Gasteiger partial charge in [0, 0.05) is 19.0 Å². The summed E-state index contributed by atoms with van der Waals surface area (Å²) < 4.78 is 4.83. The number of carbonyl (C=O) groups excluding carboxylic acids is 1.